The van der Waals surface area contributed by atoms with E-state index in [1.54, 1.807) is 0 Å². The summed E-state index contributed by atoms with van der Waals surface area (Å²) in [5, 5.41) is 0. The van der Waals surface area contributed by atoms with Crippen molar-refractivity contribution in [2.75, 3.05) is 0 Å². The van der Waals surface area contributed by atoms with Gasteiger partial charge >= 0.3 is 0 Å². The van der Waals surface area contributed by atoms with Crippen LogP contribution in [0.15, 0.2) is 55.0 Å². The van der Waals surface area contributed by atoms with Crippen molar-refractivity contribution in [1.29, 1.82) is 0 Å². The smallest absolute Gasteiger partial charge is 0.160 e. The van der Waals surface area contributed by atoms with E-state index in [4.69, 9.17) is 4.98 Å². The fraction of sp³-hybridized carbons (Fsp3) is 0.559. The summed E-state index contributed by atoms with van der Waals surface area (Å²) in [5.74, 6) is 0.753. The third-order valence-electron chi connectivity index (χ3n) is 7.36. The van der Waals surface area contributed by atoms with Crippen LogP contribution < -0.4 is 0 Å². The standard InChI is InChI=1S/C34H49N3/c1-3-5-7-9-11-13-15-17-19-30-26-36-34(37-27-30)32-24-25-33(35-28-32)31-22-20-29(21-23-31)18-16-14-12-10-8-6-4-2/h20-28H,3-19H2,1-2H3. The third-order valence-corrected chi connectivity index (χ3v) is 7.36. The maximum atomic E-state index is 4.71. The Morgan fingerprint density at radius 3 is 1.43 bits per heavy atom. The molecular weight excluding hydrogens is 450 g/mol. The Morgan fingerprint density at radius 1 is 0.432 bits per heavy atom. The molecule has 2 heterocycles. The first kappa shape index (κ1) is 29.0. The maximum Gasteiger partial charge on any atom is 0.160 e. The van der Waals surface area contributed by atoms with E-state index in [2.05, 4.69) is 60.2 Å². The first-order chi connectivity index (χ1) is 18.3. The van der Waals surface area contributed by atoms with Crippen molar-refractivity contribution in [3.05, 3.63) is 66.1 Å². The highest BCUT2D eigenvalue weighted by atomic mass is 14.9. The van der Waals surface area contributed by atoms with Crippen LogP contribution in [-0.2, 0) is 12.8 Å². The second-order valence-corrected chi connectivity index (χ2v) is 10.6. The van der Waals surface area contributed by atoms with Crippen LogP contribution in [0.2, 0.25) is 0 Å². The molecule has 3 rings (SSSR count). The fourth-order valence-electron chi connectivity index (χ4n) is 4.92. The summed E-state index contributed by atoms with van der Waals surface area (Å²) in [7, 11) is 0. The molecule has 0 N–H and O–H groups in total. The van der Waals surface area contributed by atoms with Crippen molar-refractivity contribution in [2.24, 2.45) is 0 Å². The number of benzene rings is 1. The second-order valence-electron chi connectivity index (χ2n) is 10.6. The largest absolute Gasteiger partial charge is 0.255 e. The van der Waals surface area contributed by atoms with Gasteiger partial charge in [0, 0.05) is 29.7 Å². The van der Waals surface area contributed by atoms with E-state index in [0.29, 0.717) is 0 Å². The van der Waals surface area contributed by atoms with E-state index in [1.807, 2.05) is 18.6 Å². The number of nitrogens with zero attached hydrogens (tertiary/aromatic N) is 3. The third kappa shape index (κ3) is 11.2. The highest BCUT2D eigenvalue weighted by Gasteiger charge is 2.05. The highest BCUT2D eigenvalue weighted by molar-refractivity contribution is 5.63. The molecule has 3 heteroatoms. The molecule has 0 amide bonds. The van der Waals surface area contributed by atoms with Gasteiger partial charge < -0.3 is 0 Å². The lowest BCUT2D eigenvalue weighted by atomic mass is 10.0. The zero-order valence-electron chi connectivity index (χ0n) is 23.6. The summed E-state index contributed by atoms with van der Waals surface area (Å²) in [5.41, 5.74) is 5.79. The van der Waals surface area contributed by atoms with Gasteiger partial charge in [0.15, 0.2) is 5.82 Å². The Hall–Kier alpha value is -2.55. The highest BCUT2D eigenvalue weighted by Crippen LogP contribution is 2.22. The predicted molar refractivity (Wildman–Crippen MR) is 159 cm³/mol. The van der Waals surface area contributed by atoms with E-state index in [9.17, 15) is 0 Å². The number of pyridine rings is 1. The summed E-state index contributed by atoms with van der Waals surface area (Å²) in [6.07, 6.45) is 28.4. The van der Waals surface area contributed by atoms with Gasteiger partial charge in [-0.25, -0.2) is 9.97 Å². The zero-order valence-corrected chi connectivity index (χ0v) is 23.6. The number of rotatable bonds is 19. The first-order valence-electron chi connectivity index (χ1n) is 15.2. The zero-order chi connectivity index (χ0) is 26.0. The first-order valence-corrected chi connectivity index (χ1v) is 15.2. The fourth-order valence-corrected chi connectivity index (χ4v) is 4.92. The van der Waals surface area contributed by atoms with Gasteiger partial charge in [-0.2, -0.15) is 0 Å². The van der Waals surface area contributed by atoms with Crippen LogP contribution in [0, 0.1) is 0 Å². The van der Waals surface area contributed by atoms with Crippen molar-refractivity contribution >= 4 is 0 Å². The average molecular weight is 500 g/mol. The molecule has 0 radical (unpaired) electrons. The van der Waals surface area contributed by atoms with Crippen LogP contribution in [0.5, 0.6) is 0 Å². The van der Waals surface area contributed by atoms with Crippen LogP contribution in [0.25, 0.3) is 22.6 Å². The quantitative estimate of drug-likeness (QED) is 0.154. The number of hydrogen-bond donors (Lipinski definition) is 0. The minimum absolute atomic E-state index is 0.753. The lowest BCUT2D eigenvalue weighted by Gasteiger charge is -2.06. The van der Waals surface area contributed by atoms with E-state index < -0.39 is 0 Å². The lowest BCUT2D eigenvalue weighted by molar-refractivity contribution is 0.575. The molecule has 0 atom stereocenters. The lowest BCUT2D eigenvalue weighted by Crippen LogP contribution is -1.94. The minimum Gasteiger partial charge on any atom is -0.255 e. The van der Waals surface area contributed by atoms with Gasteiger partial charge in [0.1, 0.15) is 0 Å². The van der Waals surface area contributed by atoms with E-state index in [0.717, 1.165) is 29.1 Å². The maximum absolute atomic E-state index is 4.71. The van der Waals surface area contributed by atoms with Crippen LogP contribution >= 0.6 is 0 Å². The van der Waals surface area contributed by atoms with E-state index in [-0.39, 0.29) is 0 Å². The summed E-state index contributed by atoms with van der Waals surface area (Å²) in [6, 6.07) is 13.1. The molecule has 0 fully saturated rings. The number of unbranched alkanes of at least 4 members (excludes halogenated alkanes) is 13. The van der Waals surface area contributed by atoms with E-state index >= 15 is 0 Å². The van der Waals surface area contributed by atoms with Gasteiger partial charge in [0.25, 0.3) is 0 Å². The van der Waals surface area contributed by atoms with Crippen molar-refractivity contribution in [3.63, 3.8) is 0 Å². The molecule has 3 nitrogen and oxygen atoms in total. The van der Waals surface area contributed by atoms with Crippen LogP contribution in [-0.4, -0.2) is 15.0 Å². The van der Waals surface area contributed by atoms with Crippen molar-refractivity contribution in [1.82, 2.24) is 15.0 Å². The molecule has 0 bridgehead atoms. The van der Waals surface area contributed by atoms with Gasteiger partial charge in [-0.05, 0) is 48.9 Å². The van der Waals surface area contributed by atoms with Gasteiger partial charge in [0.2, 0.25) is 0 Å². The summed E-state index contributed by atoms with van der Waals surface area (Å²) in [6.45, 7) is 4.55. The van der Waals surface area contributed by atoms with Crippen LogP contribution in [0.4, 0.5) is 0 Å². The summed E-state index contributed by atoms with van der Waals surface area (Å²) >= 11 is 0. The average Bonchev–Trinajstić information content (AvgIpc) is 2.95. The molecule has 3 aromatic rings. The Bertz CT molecular complexity index is 961. The predicted octanol–water partition coefficient (Wildman–Crippen LogP) is 10.2. The molecule has 0 aliphatic carbocycles. The Morgan fingerprint density at radius 2 is 0.919 bits per heavy atom. The number of aromatic nitrogens is 3. The molecule has 0 unspecified atom stereocenters. The number of aryl methyl sites for hydroxylation is 2. The second kappa shape index (κ2) is 17.8. The Balaban J connectivity index is 1.39. The molecule has 200 valence electrons. The van der Waals surface area contributed by atoms with Crippen LogP contribution in [0.1, 0.15) is 121 Å². The van der Waals surface area contributed by atoms with Crippen LogP contribution in [0.3, 0.4) is 0 Å². The summed E-state index contributed by atoms with van der Waals surface area (Å²) in [4.78, 5) is 13.9. The monoisotopic (exact) mass is 499 g/mol. The van der Waals surface area contributed by atoms with Gasteiger partial charge in [-0.15, -0.1) is 0 Å². The molecule has 0 aliphatic rings. The molecule has 0 spiro atoms. The van der Waals surface area contributed by atoms with Gasteiger partial charge in [-0.3, -0.25) is 4.98 Å². The van der Waals surface area contributed by atoms with E-state index in [1.165, 1.54) is 114 Å². The number of hydrogen-bond acceptors (Lipinski definition) is 3. The molecule has 0 aliphatic heterocycles. The molecule has 0 saturated carbocycles. The van der Waals surface area contributed by atoms with Gasteiger partial charge in [0.05, 0.1) is 5.69 Å². The Kier molecular flexibility index (Phi) is 14.0. The Labute approximate surface area is 226 Å². The normalized spacial score (nSPS) is 11.2. The minimum atomic E-state index is 0.753. The molecular formula is C34H49N3. The molecule has 37 heavy (non-hydrogen) atoms. The van der Waals surface area contributed by atoms with Crippen molar-refractivity contribution in [3.8, 4) is 22.6 Å². The van der Waals surface area contributed by atoms with Crippen molar-refractivity contribution < 1.29 is 0 Å². The topological polar surface area (TPSA) is 38.7 Å². The van der Waals surface area contributed by atoms with Crippen molar-refractivity contribution in [2.45, 2.75) is 123 Å². The molecule has 0 saturated heterocycles. The van der Waals surface area contributed by atoms with Gasteiger partial charge in [-0.1, -0.05) is 122 Å². The molecule has 2 aromatic heterocycles. The summed E-state index contributed by atoms with van der Waals surface area (Å²) < 4.78 is 0. The molecule has 1 aromatic carbocycles. The SMILES string of the molecule is CCCCCCCCCCc1cnc(-c2ccc(-c3ccc(CCCCCCCCC)cc3)nc2)nc1.